The molecule has 0 spiro atoms. The second-order valence-corrected chi connectivity index (χ2v) is 5.40. The van der Waals surface area contributed by atoms with E-state index in [0.717, 1.165) is 5.56 Å². The lowest BCUT2D eigenvalue weighted by atomic mass is 9.99. The summed E-state index contributed by atoms with van der Waals surface area (Å²) in [6.45, 7) is 4.55. The molecule has 2 rings (SSSR count). The zero-order valence-electron chi connectivity index (χ0n) is 13.1. The normalized spacial score (nSPS) is 18.0. The fourth-order valence-electron chi connectivity index (χ4n) is 2.76. The van der Waals surface area contributed by atoms with Crippen molar-refractivity contribution < 1.29 is 14.4 Å². The Morgan fingerprint density at radius 1 is 1.14 bits per heavy atom. The highest BCUT2D eigenvalue weighted by Crippen LogP contribution is 2.26. The summed E-state index contributed by atoms with van der Waals surface area (Å²) >= 11 is 0. The molecule has 1 heterocycles. The van der Waals surface area contributed by atoms with Gasteiger partial charge in [0.2, 0.25) is 11.8 Å². The first-order chi connectivity index (χ1) is 10.4. The summed E-state index contributed by atoms with van der Waals surface area (Å²) in [6, 6.07) is 6.97. The fraction of sp³-hybridized carbons (Fsp3) is 0.438. The molecule has 0 bridgehead atoms. The van der Waals surface area contributed by atoms with Crippen LogP contribution in [-0.4, -0.2) is 54.2 Å². The van der Waals surface area contributed by atoms with Gasteiger partial charge in [-0.05, 0) is 17.7 Å². The van der Waals surface area contributed by atoms with Gasteiger partial charge in [0, 0.05) is 46.1 Å². The van der Waals surface area contributed by atoms with Gasteiger partial charge in [-0.3, -0.25) is 14.4 Å². The van der Waals surface area contributed by atoms with Crippen LogP contribution < -0.4 is 5.32 Å². The van der Waals surface area contributed by atoms with Gasteiger partial charge in [-0.1, -0.05) is 12.1 Å². The van der Waals surface area contributed by atoms with E-state index in [4.69, 9.17) is 0 Å². The van der Waals surface area contributed by atoms with Crippen LogP contribution in [0.4, 0.5) is 0 Å². The van der Waals surface area contributed by atoms with Crippen LogP contribution in [0.2, 0.25) is 0 Å². The molecule has 1 N–H and O–H groups in total. The number of carbonyl (C=O) groups excluding carboxylic acids is 3. The van der Waals surface area contributed by atoms with Crippen LogP contribution in [-0.2, 0) is 9.59 Å². The van der Waals surface area contributed by atoms with E-state index in [2.05, 4.69) is 5.32 Å². The Morgan fingerprint density at radius 3 is 2.45 bits per heavy atom. The zero-order chi connectivity index (χ0) is 16.3. The van der Waals surface area contributed by atoms with Gasteiger partial charge < -0.3 is 15.1 Å². The number of hydrogen-bond donors (Lipinski definition) is 1. The molecular weight excluding hydrogens is 282 g/mol. The second kappa shape index (κ2) is 6.60. The second-order valence-electron chi connectivity index (χ2n) is 5.40. The number of nitrogens with zero attached hydrogens (tertiary/aromatic N) is 2. The molecule has 0 aromatic heterocycles. The van der Waals surface area contributed by atoms with Crippen molar-refractivity contribution in [2.45, 2.75) is 19.9 Å². The van der Waals surface area contributed by atoms with Crippen LogP contribution in [0.15, 0.2) is 24.3 Å². The van der Waals surface area contributed by atoms with Gasteiger partial charge in [0.25, 0.3) is 5.91 Å². The molecule has 118 valence electrons. The Hall–Kier alpha value is -2.37. The first-order valence-electron chi connectivity index (χ1n) is 7.28. The van der Waals surface area contributed by atoms with E-state index < -0.39 is 0 Å². The van der Waals surface area contributed by atoms with E-state index in [0.29, 0.717) is 25.2 Å². The SMILES string of the molecule is CNC(=O)c1cccc(C2CN(C(C)=O)CCN2C(C)=O)c1. The molecule has 0 aliphatic carbocycles. The fourth-order valence-corrected chi connectivity index (χ4v) is 2.76. The molecule has 6 nitrogen and oxygen atoms in total. The van der Waals surface area contributed by atoms with Crippen molar-refractivity contribution in [1.29, 1.82) is 0 Å². The van der Waals surface area contributed by atoms with Gasteiger partial charge in [-0.2, -0.15) is 0 Å². The number of piperazine rings is 1. The largest absolute Gasteiger partial charge is 0.355 e. The van der Waals surface area contributed by atoms with E-state index in [1.54, 1.807) is 35.0 Å². The Kier molecular flexibility index (Phi) is 4.80. The lowest BCUT2D eigenvalue weighted by molar-refractivity contribution is -0.140. The average molecular weight is 303 g/mol. The molecule has 0 saturated carbocycles. The van der Waals surface area contributed by atoms with E-state index in [1.807, 2.05) is 6.07 Å². The van der Waals surface area contributed by atoms with Gasteiger partial charge >= 0.3 is 0 Å². The highest BCUT2D eigenvalue weighted by Gasteiger charge is 2.31. The third-order valence-electron chi connectivity index (χ3n) is 3.99. The van der Waals surface area contributed by atoms with Gasteiger partial charge in [-0.25, -0.2) is 0 Å². The molecule has 3 amide bonds. The van der Waals surface area contributed by atoms with Crippen molar-refractivity contribution in [3.63, 3.8) is 0 Å². The van der Waals surface area contributed by atoms with Crippen LogP contribution in [0, 0.1) is 0 Å². The summed E-state index contributed by atoms with van der Waals surface area (Å²) in [6.07, 6.45) is 0. The summed E-state index contributed by atoms with van der Waals surface area (Å²) in [5, 5.41) is 2.59. The Labute approximate surface area is 130 Å². The minimum absolute atomic E-state index is 0.00402. The molecule has 1 aromatic rings. The summed E-state index contributed by atoms with van der Waals surface area (Å²) in [5.41, 5.74) is 1.41. The molecule has 1 unspecified atom stereocenters. The van der Waals surface area contributed by atoms with E-state index >= 15 is 0 Å². The van der Waals surface area contributed by atoms with Crippen molar-refractivity contribution >= 4 is 17.7 Å². The maximum absolute atomic E-state index is 11.9. The Morgan fingerprint density at radius 2 is 1.86 bits per heavy atom. The van der Waals surface area contributed by atoms with Crippen molar-refractivity contribution in [3.05, 3.63) is 35.4 Å². The van der Waals surface area contributed by atoms with Gasteiger partial charge in [0.05, 0.1) is 6.04 Å². The first kappa shape index (κ1) is 16.0. The third kappa shape index (κ3) is 3.27. The lowest BCUT2D eigenvalue weighted by Crippen LogP contribution is -2.51. The van der Waals surface area contributed by atoms with E-state index in [-0.39, 0.29) is 23.8 Å². The molecule has 1 aliphatic heterocycles. The van der Waals surface area contributed by atoms with Crippen LogP contribution in [0.3, 0.4) is 0 Å². The first-order valence-corrected chi connectivity index (χ1v) is 7.28. The molecule has 1 saturated heterocycles. The molecule has 1 aromatic carbocycles. The molecule has 1 fully saturated rings. The van der Waals surface area contributed by atoms with Crippen LogP contribution in [0.25, 0.3) is 0 Å². The smallest absolute Gasteiger partial charge is 0.251 e. The van der Waals surface area contributed by atoms with Gasteiger partial charge in [0.1, 0.15) is 0 Å². The number of amides is 3. The Bertz CT molecular complexity index is 600. The van der Waals surface area contributed by atoms with Gasteiger partial charge in [0.15, 0.2) is 0 Å². The molecule has 22 heavy (non-hydrogen) atoms. The highest BCUT2D eigenvalue weighted by molar-refractivity contribution is 5.94. The summed E-state index contributed by atoms with van der Waals surface area (Å²) in [4.78, 5) is 38.8. The van der Waals surface area contributed by atoms with Crippen LogP contribution >= 0.6 is 0 Å². The molecular formula is C16H21N3O3. The van der Waals surface area contributed by atoms with Crippen molar-refractivity contribution in [1.82, 2.24) is 15.1 Å². The maximum atomic E-state index is 11.9. The summed E-state index contributed by atoms with van der Waals surface area (Å²) < 4.78 is 0. The molecule has 1 aliphatic rings. The molecule has 1 atom stereocenters. The van der Waals surface area contributed by atoms with Crippen LogP contribution in [0.1, 0.15) is 35.8 Å². The van der Waals surface area contributed by atoms with Crippen LogP contribution in [0.5, 0.6) is 0 Å². The van der Waals surface area contributed by atoms with Gasteiger partial charge in [-0.15, -0.1) is 0 Å². The predicted octanol–water partition coefficient (Wildman–Crippen LogP) is 0.798. The van der Waals surface area contributed by atoms with Crippen molar-refractivity contribution in [2.24, 2.45) is 0 Å². The number of benzene rings is 1. The topological polar surface area (TPSA) is 69.7 Å². The third-order valence-corrected chi connectivity index (χ3v) is 3.99. The molecule has 6 heteroatoms. The predicted molar refractivity (Wildman–Crippen MR) is 82.2 cm³/mol. The number of nitrogens with one attached hydrogen (secondary N) is 1. The minimum Gasteiger partial charge on any atom is -0.355 e. The summed E-state index contributed by atoms with van der Waals surface area (Å²) in [7, 11) is 1.58. The highest BCUT2D eigenvalue weighted by atomic mass is 16.2. The number of carbonyl (C=O) groups is 3. The Balaban J connectivity index is 2.34. The zero-order valence-corrected chi connectivity index (χ0v) is 13.1. The van der Waals surface area contributed by atoms with Crippen molar-refractivity contribution in [3.8, 4) is 0 Å². The van der Waals surface area contributed by atoms with E-state index in [9.17, 15) is 14.4 Å². The van der Waals surface area contributed by atoms with Crippen molar-refractivity contribution in [2.75, 3.05) is 26.7 Å². The monoisotopic (exact) mass is 303 g/mol. The number of rotatable bonds is 2. The standard InChI is InChI=1S/C16H21N3O3/c1-11(20)18-7-8-19(12(2)21)15(10-18)13-5-4-6-14(9-13)16(22)17-3/h4-6,9,15H,7-8,10H2,1-3H3,(H,17,22). The number of hydrogen-bond acceptors (Lipinski definition) is 3. The summed E-state index contributed by atoms with van der Waals surface area (Å²) in [5.74, 6) is -0.204. The lowest BCUT2D eigenvalue weighted by Gasteiger charge is -2.41. The molecule has 0 radical (unpaired) electrons. The minimum atomic E-state index is -0.222. The average Bonchev–Trinajstić information content (AvgIpc) is 2.53. The quantitative estimate of drug-likeness (QED) is 0.878. The van der Waals surface area contributed by atoms with E-state index in [1.165, 1.54) is 13.8 Å². The maximum Gasteiger partial charge on any atom is 0.251 e.